The summed E-state index contributed by atoms with van der Waals surface area (Å²) in [6, 6.07) is 3.12. The molecule has 0 fully saturated rings. The maximum atomic E-state index is 11.2. The number of hydrogen-bond acceptors (Lipinski definition) is 8. The van der Waals surface area contributed by atoms with Crippen molar-refractivity contribution < 1.29 is 4.92 Å². The molecule has 0 bridgehead atoms. The predicted octanol–water partition coefficient (Wildman–Crippen LogP) is 0.614. The molecule has 1 atom stereocenters. The predicted molar refractivity (Wildman–Crippen MR) is 71.5 cm³/mol. The highest BCUT2D eigenvalue weighted by molar-refractivity contribution is 5.65. The van der Waals surface area contributed by atoms with Gasteiger partial charge in [0.1, 0.15) is 11.6 Å². The van der Waals surface area contributed by atoms with Gasteiger partial charge in [0.25, 0.3) is 0 Å². The van der Waals surface area contributed by atoms with Gasteiger partial charge in [0.2, 0.25) is 5.82 Å². The molecule has 0 aliphatic carbocycles. The van der Waals surface area contributed by atoms with Gasteiger partial charge in [0.05, 0.1) is 4.92 Å². The van der Waals surface area contributed by atoms with E-state index in [4.69, 9.17) is 5.26 Å². The third-order valence-corrected chi connectivity index (χ3v) is 2.92. The monoisotopic (exact) mass is 288 g/mol. The molecule has 10 nitrogen and oxygen atoms in total. The minimum absolute atomic E-state index is 0.0240. The summed E-state index contributed by atoms with van der Waals surface area (Å²) >= 11 is 0. The maximum absolute atomic E-state index is 11.2. The molecule has 0 spiro atoms. The number of H-pyrrole nitrogens is 1. The molecule has 2 rings (SSSR count). The van der Waals surface area contributed by atoms with Crippen molar-refractivity contribution in [2.45, 2.75) is 12.8 Å². The van der Waals surface area contributed by atoms with Crippen molar-refractivity contribution in [3.63, 3.8) is 0 Å². The third kappa shape index (κ3) is 2.92. The summed E-state index contributed by atoms with van der Waals surface area (Å²) < 4.78 is 0. The van der Waals surface area contributed by atoms with Crippen LogP contribution in [0.5, 0.6) is 0 Å². The number of hydrogen-bond donors (Lipinski definition) is 1. The van der Waals surface area contributed by atoms with Crippen molar-refractivity contribution in [3.05, 3.63) is 33.8 Å². The summed E-state index contributed by atoms with van der Waals surface area (Å²) in [5.41, 5.74) is -0.327. The topological polar surface area (TPSA) is 138 Å². The minimum atomic E-state index is -0.601. The van der Waals surface area contributed by atoms with E-state index in [1.165, 1.54) is 12.3 Å². The van der Waals surface area contributed by atoms with Gasteiger partial charge in [-0.3, -0.25) is 10.1 Å². The summed E-state index contributed by atoms with van der Waals surface area (Å²) in [5, 5.41) is 33.7. The van der Waals surface area contributed by atoms with Crippen molar-refractivity contribution in [1.82, 2.24) is 25.6 Å². The SMILES string of the molecule is C[C@H](CN(C)c1nccc(C#N)c1[N+](=O)[O-])c1nn[nH]n1. The number of pyridine rings is 1. The Hall–Kier alpha value is -3.09. The van der Waals surface area contributed by atoms with Crippen LogP contribution in [0.3, 0.4) is 0 Å². The van der Waals surface area contributed by atoms with Gasteiger partial charge in [0, 0.05) is 25.7 Å². The standard InChI is InChI=1S/C11H12N8O2/c1-7(10-14-16-17-15-10)6-18(2)11-9(19(20)21)8(5-12)3-4-13-11/h3-4,7H,6H2,1-2H3,(H,14,15,16,17)/t7-/m1/s1. The van der Waals surface area contributed by atoms with Gasteiger partial charge in [-0.05, 0) is 6.07 Å². The van der Waals surface area contributed by atoms with Crippen LogP contribution >= 0.6 is 0 Å². The normalized spacial score (nSPS) is 11.7. The largest absolute Gasteiger partial charge is 0.353 e. The van der Waals surface area contributed by atoms with Crippen LogP contribution in [0.15, 0.2) is 12.3 Å². The number of nitro groups is 1. The van der Waals surface area contributed by atoms with Crippen molar-refractivity contribution in [3.8, 4) is 6.07 Å². The number of nitriles is 1. The first-order chi connectivity index (χ1) is 10.0. The molecule has 1 N–H and O–H groups in total. The van der Waals surface area contributed by atoms with Crippen LogP contribution in [0.4, 0.5) is 11.5 Å². The quantitative estimate of drug-likeness (QED) is 0.624. The molecule has 0 saturated heterocycles. The van der Waals surface area contributed by atoms with E-state index in [0.717, 1.165) is 0 Å². The van der Waals surface area contributed by atoms with E-state index in [1.807, 2.05) is 6.92 Å². The van der Waals surface area contributed by atoms with Gasteiger partial charge >= 0.3 is 5.69 Å². The molecule has 0 aliphatic heterocycles. The highest BCUT2D eigenvalue weighted by Crippen LogP contribution is 2.29. The minimum Gasteiger partial charge on any atom is -0.353 e. The Morgan fingerprint density at radius 2 is 2.38 bits per heavy atom. The molecular weight excluding hydrogens is 276 g/mol. The molecule has 108 valence electrons. The van der Waals surface area contributed by atoms with E-state index in [0.29, 0.717) is 12.4 Å². The summed E-state index contributed by atoms with van der Waals surface area (Å²) in [4.78, 5) is 16.2. The summed E-state index contributed by atoms with van der Waals surface area (Å²) in [6.45, 7) is 2.25. The first-order valence-corrected chi connectivity index (χ1v) is 6.02. The highest BCUT2D eigenvalue weighted by atomic mass is 16.6. The number of likely N-dealkylation sites (N-methyl/N-ethyl adjacent to an activating group) is 1. The van der Waals surface area contributed by atoms with Gasteiger partial charge in [-0.25, -0.2) is 4.98 Å². The molecule has 0 saturated carbocycles. The van der Waals surface area contributed by atoms with E-state index >= 15 is 0 Å². The van der Waals surface area contributed by atoms with E-state index in [-0.39, 0.29) is 23.0 Å². The van der Waals surface area contributed by atoms with Crippen molar-refractivity contribution in [1.29, 1.82) is 5.26 Å². The van der Waals surface area contributed by atoms with Crippen molar-refractivity contribution in [2.75, 3.05) is 18.5 Å². The van der Waals surface area contributed by atoms with Crippen molar-refractivity contribution in [2.24, 2.45) is 0 Å². The Bertz CT molecular complexity index is 678. The van der Waals surface area contributed by atoms with Crippen LogP contribution in [0, 0.1) is 21.4 Å². The number of aromatic amines is 1. The van der Waals surface area contributed by atoms with Crippen LogP contribution in [-0.4, -0.2) is 44.1 Å². The molecule has 0 unspecified atom stereocenters. The van der Waals surface area contributed by atoms with E-state index in [1.54, 1.807) is 18.0 Å². The molecule has 2 aromatic heterocycles. The number of rotatable bonds is 5. The Morgan fingerprint density at radius 3 is 2.95 bits per heavy atom. The average molecular weight is 288 g/mol. The lowest BCUT2D eigenvalue weighted by Crippen LogP contribution is -2.25. The van der Waals surface area contributed by atoms with Gasteiger partial charge in [-0.1, -0.05) is 12.1 Å². The van der Waals surface area contributed by atoms with Crippen LogP contribution in [0.25, 0.3) is 0 Å². The van der Waals surface area contributed by atoms with Crippen molar-refractivity contribution >= 4 is 11.5 Å². The fraction of sp³-hybridized carbons (Fsp3) is 0.364. The smallest absolute Gasteiger partial charge is 0.329 e. The molecule has 2 heterocycles. The van der Waals surface area contributed by atoms with Gasteiger partial charge in [-0.15, -0.1) is 10.2 Å². The second-order valence-corrected chi connectivity index (χ2v) is 4.45. The zero-order valence-electron chi connectivity index (χ0n) is 11.4. The summed E-state index contributed by atoms with van der Waals surface area (Å²) in [5.74, 6) is 0.524. The molecule has 0 amide bonds. The molecular formula is C11H12N8O2. The maximum Gasteiger partial charge on any atom is 0.329 e. The third-order valence-electron chi connectivity index (χ3n) is 2.92. The van der Waals surface area contributed by atoms with Crippen LogP contribution in [0.1, 0.15) is 24.2 Å². The van der Waals surface area contributed by atoms with Crippen LogP contribution in [0.2, 0.25) is 0 Å². The molecule has 0 radical (unpaired) electrons. The lowest BCUT2D eigenvalue weighted by atomic mass is 10.1. The number of nitrogens with one attached hydrogen (secondary N) is 1. The van der Waals surface area contributed by atoms with Gasteiger partial charge in [0.15, 0.2) is 5.82 Å². The zero-order chi connectivity index (χ0) is 15.4. The molecule has 2 aromatic rings. The second kappa shape index (κ2) is 5.91. The van der Waals surface area contributed by atoms with E-state index in [2.05, 4.69) is 25.6 Å². The van der Waals surface area contributed by atoms with E-state index < -0.39 is 4.92 Å². The number of aromatic nitrogens is 5. The molecule has 21 heavy (non-hydrogen) atoms. The van der Waals surface area contributed by atoms with E-state index in [9.17, 15) is 10.1 Å². The number of tetrazole rings is 1. The molecule has 0 aromatic carbocycles. The first-order valence-electron chi connectivity index (χ1n) is 6.02. The Balaban J connectivity index is 2.29. The van der Waals surface area contributed by atoms with Crippen LogP contribution in [-0.2, 0) is 0 Å². The Labute approximate surface area is 119 Å². The molecule has 0 aliphatic rings. The number of nitrogens with zero attached hydrogens (tertiary/aromatic N) is 7. The zero-order valence-corrected chi connectivity index (χ0v) is 11.4. The Kier molecular flexibility index (Phi) is 4.03. The van der Waals surface area contributed by atoms with Gasteiger partial charge in [-0.2, -0.15) is 10.5 Å². The highest BCUT2D eigenvalue weighted by Gasteiger charge is 2.25. The molecule has 10 heteroatoms. The average Bonchev–Trinajstić information content (AvgIpc) is 3.00. The fourth-order valence-corrected chi connectivity index (χ4v) is 1.95. The lowest BCUT2D eigenvalue weighted by Gasteiger charge is -2.20. The first kappa shape index (κ1) is 14.3. The van der Waals surface area contributed by atoms with Crippen LogP contribution < -0.4 is 4.90 Å². The Morgan fingerprint density at radius 1 is 1.62 bits per heavy atom. The summed E-state index contributed by atoms with van der Waals surface area (Å²) in [7, 11) is 1.66. The fourth-order valence-electron chi connectivity index (χ4n) is 1.95. The second-order valence-electron chi connectivity index (χ2n) is 4.45. The van der Waals surface area contributed by atoms with Gasteiger partial charge < -0.3 is 4.90 Å². The number of anilines is 1. The lowest BCUT2D eigenvalue weighted by molar-refractivity contribution is -0.384. The summed E-state index contributed by atoms with van der Waals surface area (Å²) in [6.07, 6.45) is 1.37.